The first-order chi connectivity index (χ1) is 15.6. The van der Waals surface area contributed by atoms with Crippen molar-refractivity contribution in [3.05, 3.63) is 70.4 Å². The lowest BCUT2D eigenvalue weighted by Crippen LogP contribution is -2.09. The molecule has 0 bridgehead atoms. The Hall–Kier alpha value is -3.21. The number of benzene rings is 1. The van der Waals surface area contributed by atoms with Crippen LogP contribution >= 0.6 is 22.7 Å². The average molecular weight is 500 g/mol. The summed E-state index contributed by atoms with van der Waals surface area (Å²) < 4.78 is 27.7. The van der Waals surface area contributed by atoms with Gasteiger partial charge in [0.25, 0.3) is 0 Å². The molecule has 1 aromatic carbocycles. The third-order valence-corrected chi connectivity index (χ3v) is 7.59. The van der Waals surface area contributed by atoms with Gasteiger partial charge in [-0.25, -0.2) is 18.2 Å². The van der Waals surface area contributed by atoms with E-state index >= 15 is 0 Å². The zero-order chi connectivity index (χ0) is 23.8. The maximum Gasteiger partial charge on any atom is 0.328 e. The van der Waals surface area contributed by atoms with Gasteiger partial charge in [-0.15, -0.1) is 22.7 Å². The Bertz CT molecular complexity index is 1480. The normalized spacial score (nSPS) is 11.8. The molecule has 0 aliphatic rings. The molecule has 0 fully saturated rings. The van der Waals surface area contributed by atoms with E-state index in [1.165, 1.54) is 11.3 Å². The van der Waals surface area contributed by atoms with Crippen molar-refractivity contribution in [1.82, 2.24) is 9.55 Å². The molecule has 170 valence electrons. The molecule has 0 aliphatic carbocycles. The van der Waals surface area contributed by atoms with Crippen LogP contribution in [-0.4, -0.2) is 35.3 Å². The van der Waals surface area contributed by atoms with Crippen molar-refractivity contribution in [2.24, 2.45) is 0 Å². The molecule has 4 aromatic rings. The number of rotatable bonds is 7. The topological polar surface area (TPSA) is 101 Å². The molecule has 0 unspecified atom stereocenters. The zero-order valence-corrected chi connectivity index (χ0v) is 20.5. The first-order valence-electron chi connectivity index (χ1n) is 9.84. The van der Waals surface area contributed by atoms with Crippen molar-refractivity contribution in [3.8, 4) is 26.6 Å². The number of hydrogen-bond acceptors (Lipinski definition) is 6. The number of thiophene rings is 2. The predicted octanol–water partition coefficient (Wildman–Crippen LogP) is 5.42. The summed E-state index contributed by atoms with van der Waals surface area (Å²) in [6.07, 6.45) is 7.51. The lowest BCUT2D eigenvalue weighted by Gasteiger charge is -2.12. The highest BCUT2D eigenvalue weighted by atomic mass is 32.2. The van der Waals surface area contributed by atoms with E-state index in [-0.39, 0.29) is 0 Å². The van der Waals surface area contributed by atoms with Gasteiger partial charge in [-0.1, -0.05) is 6.07 Å². The van der Waals surface area contributed by atoms with Crippen LogP contribution in [-0.2, 0) is 14.8 Å². The lowest BCUT2D eigenvalue weighted by atomic mass is 9.96. The van der Waals surface area contributed by atoms with E-state index in [1.54, 1.807) is 35.7 Å². The van der Waals surface area contributed by atoms with Crippen molar-refractivity contribution >= 4 is 50.4 Å². The van der Waals surface area contributed by atoms with Gasteiger partial charge in [-0.3, -0.25) is 9.29 Å². The fraction of sp³-hybridized carbons (Fsp3) is 0.130. The van der Waals surface area contributed by atoms with Gasteiger partial charge in [0.05, 0.1) is 6.26 Å². The summed E-state index contributed by atoms with van der Waals surface area (Å²) in [5, 5.41) is 12.2. The van der Waals surface area contributed by atoms with Crippen molar-refractivity contribution in [2.45, 2.75) is 13.8 Å². The van der Waals surface area contributed by atoms with Crippen LogP contribution in [0.25, 0.3) is 32.6 Å². The molecule has 7 nitrogen and oxygen atoms in total. The number of carbonyl (C=O) groups is 1. The van der Waals surface area contributed by atoms with Gasteiger partial charge in [0.15, 0.2) is 0 Å². The molecule has 2 N–H and O–H groups in total. The van der Waals surface area contributed by atoms with Crippen molar-refractivity contribution in [2.75, 3.05) is 11.0 Å². The highest BCUT2D eigenvalue weighted by Crippen LogP contribution is 2.44. The second-order valence-corrected chi connectivity index (χ2v) is 11.2. The smallest absolute Gasteiger partial charge is 0.328 e. The predicted molar refractivity (Wildman–Crippen MR) is 135 cm³/mol. The summed E-state index contributed by atoms with van der Waals surface area (Å²) >= 11 is 3.09. The minimum Gasteiger partial charge on any atom is -0.478 e. The van der Waals surface area contributed by atoms with Crippen LogP contribution in [0.4, 0.5) is 5.69 Å². The number of hydrogen-bond donors (Lipinski definition) is 2. The van der Waals surface area contributed by atoms with Crippen LogP contribution in [0.15, 0.2) is 54.2 Å². The number of carboxylic acid groups (broad SMARTS) is 1. The van der Waals surface area contributed by atoms with Gasteiger partial charge in [-0.2, -0.15) is 0 Å². The lowest BCUT2D eigenvalue weighted by molar-refractivity contribution is -0.131. The number of sulfonamides is 1. The van der Waals surface area contributed by atoms with Crippen LogP contribution < -0.4 is 4.72 Å². The highest BCUT2D eigenvalue weighted by Gasteiger charge is 2.18. The van der Waals surface area contributed by atoms with E-state index in [0.717, 1.165) is 55.2 Å². The molecule has 33 heavy (non-hydrogen) atoms. The van der Waals surface area contributed by atoms with E-state index in [0.29, 0.717) is 5.69 Å². The number of anilines is 1. The van der Waals surface area contributed by atoms with E-state index < -0.39 is 16.0 Å². The minimum atomic E-state index is -3.39. The third kappa shape index (κ3) is 5.08. The summed E-state index contributed by atoms with van der Waals surface area (Å²) in [6, 6.07) is 9.43. The van der Waals surface area contributed by atoms with Gasteiger partial charge in [0.2, 0.25) is 10.0 Å². The number of nitrogens with zero attached hydrogens (tertiary/aromatic N) is 2. The first kappa shape index (κ1) is 23.0. The molecule has 3 heterocycles. The Kier molecular flexibility index (Phi) is 6.24. The number of aliphatic carboxylic acids is 1. The quantitative estimate of drug-likeness (QED) is 0.331. The van der Waals surface area contributed by atoms with Crippen molar-refractivity contribution in [1.29, 1.82) is 0 Å². The van der Waals surface area contributed by atoms with Crippen LogP contribution in [0.2, 0.25) is 0 Å². The van der Waals surface area contributed by atoms with Gasteiger partial charge < -0.3 is 5.11 Å². The molecule has 0 saturated heterocycles. The molecule has 4 rings (SSSR count). The van der Waals surface area contributed by atoms with E-state index in [9.17, 15) is 13.2 Å². The summed E-state index contributed by atoms with van der Waals surface area (Å²) in [7, 11) is -3.39. The summed E-state index contributed by atoms with van der Waals surface area (Å²) in [4.78, 5) is 17.3. The molecular weight excluding hydrogens is 478 g/mol. The van der Waals surface area contributed by atoms with Crippen LogP contribution in [0.1, 0.15) is 16.3 Å². The second-order valence-electron chi connectivity index (χ2n) is 7.45. The maximum atomic E-state index is 11.6. The fourth-order valence-electron chi connectivity index (χ4n) is 3.54. The molecule has 0 aliphatic heterocycles. The molecule has 3 aromatic heterocycles. The molecule has 0 atom stereocenters. The standard InChI is InChI=1S/C23H21N3O4S3/c1-14-12-16(25-33(3,29)30)4-5-17(14)23-18(13-31-20(23)7-9-22(27)28)19-6-8-21(32-19)26-11-10-24-15(26)2/h4-13,25H,1-3H3,(H,27,28). The van der Waals surface area contributed by atoms with Crippen LogP contribution in [0.3, 0.4) is 0 Å². The minimum absolute atomic E-state index is 0.479. The maximum absolute atomic E-state index is 11.6. The monoisotopic (exact) mass is 499 g/mol. The van der Waals surface area contributed by atoms with E-state index in [4.69, 9.17) is 5.11 Å². The number of imidazole rings is 1. The van der Waals surface area contributed by atoms with Gasteiger partial charge >= 0.3 is 5.97 Å². The van der Waals surface area contributed by atoms with Gasteiger partial charge in [0, 0.05) is 50.4 Å². The van der Waals surface area contributed by atoms with Gasteiger partial charge in [0.1, 0.15) is 10.8 Å². The average Bonchev–Trinajstić information content (AvgIpc) is 3.44. The van der Waals surface area contributed by atoms with Crippen molar-refractivity contribution in [3.63, 3.8) is 0 Å². The second kappa shape index (κ2) is 8.97. The Balaban J connectivity index is 1.84. The first-order valence-corrected chi connectivity index (χ1v) is 13.4. The fourth-order valence-corrected chi connectivity index (χ4v) is 6.20. The van der Waals surface area contributed by atoms with Crippen LogP contribution in [0.5, 0.6) is 0 Å². The summed E-state index contributed by atoms with van der Waals surface area (Å²) in [5.41, 5.74) is 4.16. The molecule has 0 saturated carbocycles. The molecule has 10 heteroatoms. The number of aryl methyl sites for hydroxylation is 2. The van der Waals surface area contributed by atoms with E-state index in [2.05, 4.69) is 9.71 Å². The Morgan fingerprint density at radius 1 is 1.18 bits per heavy atom. The van der Waals surface area contributed by atoms with Crippen molar-refractivity contribution < 1.29 is 18.3 Å². The molecule has 0 amide bonds. The molecule has 0 spiro atoms. The Labute approximate surface area is 199 Å². The summed E-state index contributed by atoms with van der Waals surface area (Å²) in [6.45, 7) is 3.85. The largest absolute Gasteiger partial charge is 0.478 e. The Morgan fingerprint density at radius 2 is 1.97 bits per heavy atom. The third-order valence-electron chi connectivity index (χ3n) is 4.92. The van der Waals surface area contributed by atoms with Crippen LogP contribution in [0, 0.1) is 13.8 Å². The SMILES string of the molecule is Cc1cc(NS(C)(=O)=O)ccc1-c1c(-c2ccc(-n3ccnc3C)s2)csc1C=CC(=O)O. The summed E-state index contributed by atoms with van der Waals surface area (Å²) in [5.74, 6) is -0.127. The van der Waals surface area contributed by atoms with E-state index in [1.807, 2.05) is 48.2 Å². The number of nitrogens with one attached hydrogen (secondary N) is 1. The number of aromatic nitrogens is 2. The van der Waals surface area contributed by atoms with Gasteiger partial charge in [-0.05, 0) is 55.3 Å². The molecular formula is C23H21N3O4S3. The zero-order valence-electron chi connectivity index (χ0n) is 18.1. The molecule has 0 radical (unpaired) electrons. The Morgan fingerprint density at radius 3 is 2.61 bits per heavy atom. The number of carboxylic acids is 1. The highest BCUT2D eigenvalue weighted by molar-refractivity contribution is 7.92.